The number of hydrogen-bond donors (Lipinski definition) is 1. The molecule has 1 aromatic heterocycles. The molecule has 0 radical (unpaired) electrons. The Bertz CT molecular complexity index is 1380. The second-order valence-electron chi connectivity index (χ2n) is 7.10. The summed E-state index contributed by atoms with van der Waals surface area (Å²) in [4.78, 5) is 18.3. The quantitative estimate of drug-likeness (QED) is 0.295. The first kappa shape index (κ1) is 20.8. The maximum absolute atomic E-state index is 13.5. The molecule has 0 spiro atoms. The zero-order chi connectivity index (χ0) is 21.4. The zero-order valence-corrected chi connectivity index (χ0v) is 20.1. The van der Waals surface area contributed by atoms with Crippen molar-refractivity contribution >= 4 is 61.6 Å². The van der Waals surface area contributed by atoms with E-state index in [0.29, 0.717) is 22.3 Å². The second kappa shape index (κ2) is 8.35. The molecule has 0 aliphatic heterocycles. The van der Waals surface area contributed by atoms with Gasteiger partial charge in [-0.1, -0.05) is 33.6 Å². The van der Waals surface area contributed by atoms with Gasteiger partial charge in [-0.25, -0.2) is 4.98 Å². The van der Waals surface area contributed by atoms with Crippen molar-refractivity contribution in [3.8, 4) is 11.4 Å². The number of nitrogens with zero attached hydrogens (tertiary/aromatic N) is 2. The van der Waals surface area contributed by atoms with Gasteiger partial charge in [0.15, 0.2) is 0 Å². The first-order valence-electron chi connectivity index (χ1n) is 9.30. The largest absolute Gasteiger partial charge is 0.507 e. The van der Waals surface area contributed by atoms with Gasteiger partial charge < -0.3 is 5.11 Å². The van der Waals surface area contributed by atoms with Crippen molar-refractivity contribution in [1.29, 1.82) is 0 Å². The van der Waals surface area contributed by atoms with Crippen LogP contribution in [0.4, 0.5) is 0 Å². The van der Waals surface area contributed by atoms with Gasteiger partial charge in [-0.05, 0) is 96.6 Å². The third kappa shape index (κ3) is 4.06. The summed E-state index contributed by atoms with van der Waals surface area (Å²) in [5.41, 5.74) is 4.06. The molecule has 1 heterocycles. The van der Waals surface area contributed by atoms with Crippen molar-refractivity contribution < 1.29 is 5.11 Å². The number of aromatic hydroxyl groups is 1. The van der Waals surface area contributed by atoms with Gasteiger partial charge in [0.1, 0.15) is 11.6 Å². The highest BCUT2D eigenvalue weighted by Crippen LogP contribution is 2.25. The van der Waals surface area contributed by atoms with Crippen LogP contribution >= 0.6 is 38.5 Å². The van der Waals surface area contributed by atoms with Gasteiger partial charge in [-0.15, -0.1) is 0 Å². The van der Waals surface area contributed by atoms with E-state index in [4.69, 9.17) is 4.98 Å². The van der Waals surface area contributed by atoms with Gasteiger partial charge in [0.25, 0.3) is 5.56 Å². The molecule has 3 aromatic carbocycles. The molecule has 0 aliphatic rings. The molecule has 150 valence electrons. The van der Waals surface area contributed by atoms with Crippen molar-refractivity contribution in [2.24, 2.45) is 0 Å². The summed E-state index contributed by atoms with van der Waals surface area (Å²) >= 11 is 5.62. The lowest BCUT2D eigenvalue weighted by Gasteiger charge is -2.14. The monoisotopic (exact) mass is 572 g/mol. The molecule has 0 fully saturated rings. The smallest absolute Gasteiger partial charge is 0.266 e. The SMILES string of the molecule is Cc1ccc(-n2c(/C=C/c3cc(Br)ccc3O)nc3ccc(I)cc3c2=O)c(C)c1. The minimum Gasteiger partial charge on any atom is -0.507 e. The Morgan fingerprint density at radius 2 is 1.83 bits per heavy atom. The van der Waals surface area contributed by atoms with Crippen molar-refractivity contribution in [1.82, 2.24) is 9.55 Å². The molecule has 6 heteroatoms. The number of hydrogen-bond acceptors (Lipinski definition) is 3. The summed E-state index contributed by atoms with van der Waals surface area (Å²) in [5.74, 6) is 0.658. The normalized spacial score (nSPS) is 11.5. The molecule has 30 heavy (non-hydrogen) atoms. The number of aryl methyl sites for hydroxylation is 2. The summed E-state index contributed by atoms with van der Waals surface area (Å²) < 4.78 is 3.47. The van der Waals surface area contributed by atoms with Crippen LogP contribution in [0.5, 0.6) is 5.75 Å². The van der Waals surface area contributed by atoms with E-state index >= 15 is 0 Å². The molecule has 0 atom stereocenters. The van der Waals surface area contributed by atoms with E-state index in [1.165, 1.54) is 0 Å². The average molecular weight is 573 g/mol. The minimum absolute atomic E-state index is 0.122. The van der Waals surface area contributed by atoms with E-state index in [2.05, 4.69) is 38.5 Å². The van der Waals surface area contributed by atoms with Crippen molar-refractivity contribution in [3.05, 3.63) is 95.5 Å². The number of phenolic OH excluding ortho intramolecular Hbond substituents is 1. The lowest BCUT2D eigenvalue weighted by molar-refractivity contribution is 0.474. The molecular weight excluding hydrogens is 555 g/mol. The van der Waals surface area contributed by atoms with Crippen LogP contribution in [0.2, 0.25) is 0 Å². The van der Waals surface area contributed by atoms with Gasteiger partial charge in [0.2, 0.25) is 0 Å². The molecule has 0 aliphatic carbocycles. The topological polar surface area (TPSA) is 55.1 Å². The Hall–Kier alpha value is -2.45. The summed E-state index contributed by atoms with van der Waals surface area (Å²) in [7, 11) is 0. The fraction of sp³-hybridized carbons (Fsp3) is 0.0833. The Kier molecular flexibility index (Phi) is 5.79. The Morgan fingerprint density at radius 1 is 1.03 bits per heavy atom. The maximum Gasteiger partial charge on any atom is 0.266 e. The average Bonchev–Trinajstić information content (AvgIpc) is 2.70. The number of fused-ring (bicyclic) bond motifs is 1. The van der Waals surface area contributed by atoms with Crippen LogP contribution < -0.4 is 5.56 Å². The van der Waals surface area contributed by atoms with E-state index < -0.39 is 0 Å². The molecule has 1 N–H and O–H groups in total. The Labute approximate surface area is 196 Å². The van der Waals surface area contributed by atoms with Gasteiger partial charge >= 0.3 is 0 Å². The van der Waals surface area contributed by atoms with Crippen molar-refractivity contribution in [3.63, 3.8) is 0 Å². The highest BCUT2D eigenvalue weighted by atomic mass is 127. The number of halogens is 2. The number of rotatable bonds is 3. The van der Waals surface area contributed by atoms with Crippen LogP contribution in [0.15, 0.2) is 63.9 Å². The summed E-state index contributed by atoms with van der Waals surface area (Å²) in [6.07, 6.45) is 3.53. The second-order valence-corrected chi connectivity index (χ2v) is 9.26. The highest BCUT2D eigenvalue weighted by molar-refractivity contribution is 14.1. The summed E-state index contributed by atoms with van der Waals surface area (Å²) in [6, 6.07) is 16.8. The summed E-state index contributed by atoms with van der Waals surface area (Å²) in [5, 5.41) is 10.7. The van der Waals surface area contributed by atoms with E-state index in [1.807, 2.05) is 56.3 Å². The molecule has 4 rings (SSSR count). The lowest BCUT2D eigenvalue weighted by atomic mass is 10.1. The van der Waals surface area contributed by atoms with E-state index in [9.17, 15) is 9.90 Å². The first-order chi connectivity index (χ1) is 14.3. The van der Waals surface area contributed by atoms with Gasteiger partial charge in [-0.3, -0.25) is 9.36 Å². The molecule has 0 saturated carbocycles. The summed E-state index contributed by atoms with van der Waals surface area (Å²) in [6.45, 7) is 4.01. The van der Waals surface area contributed by atoms with Gasteiger partial charge in [0, 0.05) is 13.6 Å². The van der Waals surface area contributed by atoms with Crippen LogP contribution in [0, 0.1) is 17.4 Å². The highest BCUT2D eigenvalue weighted by Gasteiger charge is 2.13. The number of benzene rings is 3. The third-order valence-corrected chi connectivity index (χ3v) is 6.02. The fourth-order valence-electron chi connectivity index (χ4n) is 3.40. The van der Waals surface area contributed by atoms with Crippen molar-refractivity contribution in [2.45, 2.75) is 13.8 Å². The molecule has 0 saturated heterocycles. The van der Waals surface area contributed by atoms with Crippen LogP contribution in [0.1, 0.15) is 22.5 Å². The van der Waals surface area contributed by atoms with Crippen LogP contribution in [-0.2, 0) is 0 Å². The molecule has 4 nitrogen and oxygen atoms in total. The molecule has 0 unspecified atom stereocenters. The van der Waals surface area contributed by atoms with E-state index in [-0.39, 0.29) is 11.3 Å². The number of aromatic nitrogens is 2. The lowest BCUT2D eigenvalue weighted by Crippen LogP contribution is -2.23. The zero-order valence-electron chi connectivity index (χ0n) is 16.4. The van der Waals surface area contributed by atoms with Gasteiger partial charge in [-0.2, -0.15) is 0 Å². The van der Waals surface area contributed by atoms with Gasteiger partial charge in [0.05, 0.1) is 16.6 Å². The molecule has 0 bridgehead atoms. The minimum atomic E-state index is -0.122. The van der Waals surface area contributed by atoms with Crippen LogP contribution in [0.3, 0.4) is 0 Å². The predicted molar refractivity (Wildman–Crippen MR) is 134 cm³/mol. The van der Waals surface area contributed by atoms with E-state index in [1.54, 1.807) is 28.9 Å². The Balaban J connectivity index is 2.00. The predicted octanol–water partition coefficient (Wildman–Crippen LogP) is 6.25. The fourth-order valence-corrected chi connectivity index (χ4v) is 4.27. The Morgan fingerprint density at radius 3 is 2.60 bits per heavy atom. The molecule has 4 aromatic rings. The van der Waals surface area contributed by atoms with Crippen LogP contribution in [0.25, 0.3) is 28.7 Å². The molecular formula is C24H18BrIN2O2. The first-order valence-corrected chi connectivity index (χ1v) is 11.2. The standard InChI is InChI=1S/C24H18BrIN2O2/c1-14-3-8-21(15(2)11-14)28-23(10-4-16-12-17(25)5-9-22(16)29)27-20-7-6-18(26)13-19(20)24(28)30/h3-13,29H,1-2H3/b10-4+. The van der Waals surface area contributed by atoms with Crippen molar-refractivity contribution in [2.75, 3.05) is 0 Å². The van der Waals surface area contributed by atoms with Crippen LogP contribution in [-0.4, -0.2) is 14.7 Å². The number of phenols is 1. The van der Waals surface area contributed by atoms with E-state index in [0.717, 1.165) is 24.9 Å². The maximum atomic E-state index is 13.5. The third-order valence-electron chi connectivity index (χ3n) is 4.85. The molecule has 0 amide bonds.